The molecule has 144 valence electrons. The third-order valence-electron chi connectivity index (χ3n) is 4.72. The number of carbonyl (C=O) groups is 2. The second-order valence-electron chi connectivity index (χ2n) is 7.21. The van der Waals surface area contributed by atoms with E-state index in [-0.39, 0.29) is 17.9 Å². The van der Waals surface area contributed by atoms with Crippen molar-refractivity contribution in [2.75, 3.05) is 18.5 Å². The highest BCUT2D eigenvalue weighted by Crippen LogP contribution is 2.26. The van der Waals surface area contributed by atoms with Crippen LogP contribution in [0.25, 0.3) is 0 Å². The van der Waals surface area contributed by atoms with Crippen molar-refractivity contribution < 1.29 is 14.3 Å². The van der Waals surface area contributed by atoms with Gasteiger partial charge in [0.25, 0.3) is 0 Å². The van der Waals surface area contributed by atoms with Gasteiger partial charge in [-0.25, -0.2) is 0 Å². The Morgan fingerprint density at radius 3 is 2.77 bits per heavy atom. The van der Waals surface area contributed by atoms with E-state index in [1.807, 2.05) is 23.1 Å². The van der Waals surface area contributed by atoms with E-state index in [2.05, 4.69) is 26.1 Å². The third-order valence-corrected chi connectivity index (χ3v) is 4.72. The van der Waals surface area contributed by atoms with Crippen molar-refractivity contribution in [3.8, 4) is 5.75 Å². The van der Waals surface area contributed by atoms with Gasteiger partial charge in [0.15, 0.2) is 0 Å². The highest BCUT2D eigenvalue weighted by atomic mass is 16.5. The van der Waals surface area contributed by atoms with Gasteiger partial charge < -0.3 is 15.0 Å². The highest BCUT2D eigenvalue weighted by Gasteiger charge is 2.17. The number of aryl methyl sites for hydroxylation is 1. The van der Waals surface area contributed by atoms with Crippen LogP contribution in [0.5, 0.6) is 5.75 Å². The number of hydrogen-bond donors (Lipinski definition) is 1. The number of fused-ring (bicyclic) bond motifs is 1. The third kappa shape index (κ3) is 6.04. The number of rotatable bonds is 10. The summed E-state index contributed by atoms with van der Waals surface area (Å²) < 4.78 is 5.80. The fourth-order valence-electron chi connectivity index (χ4n) is 3.21. The molecule has 1 aromatic rings. The molecule has 0 saturated heterocycles. The van der Waals surface area contributed by atoms with E-state index in [0.717, 1.165) is 36.4 Å². The van der Waals surface area contributed by atoms with Crippen LogP contribution in [-0.4, -0.2) is 35.9 Å². The second-order valence-corrected chi connectivity index (χ2v) is 7.21. The van der Waals surface area contributed by atoms with Gasteiger partial charge in [-0.3, -0.25) is 9.59 Å². The maximum Gasteiger partial charge on any atom is 0.224 e. The van der Waals surface area contributed by atoms with Crippen LogP contribution < -0.4 is 10.1 Å². The SMILES string of the molecule is CCCCCN(C(=O)CCCOc1ccc2c(c1)CCC(=O)N2)C(C)C. The molecule has 0 spiro atoms. The number of anilines is 1. The minimum absolute atomic E-state index is 0.0679. The van der Waals surface area contributed by atoms with Gasteiger partial charge in [0.05, 0.1) is 6.61 Å². The minimum atomic E-state index is 0.0679. The van der Waals surface area contributed by atoms with E-state index in [0.29, 0.717) is 25.9 Å². The van der Waals surface area contributed by atoms with Gasteiger partial charge in [0, 0.05) is 31.1 Å². The number of ether oxygens (including phenoxy) is 1. The van der Waals surface area contributed by atoms with E-state index in [9.17, 15) is 9.59 Å². The van der Waals surface area contributed by atoms with Gasteiger partial charge in [0.2, 0.25) is 11.8 Å². The Kier molecular flexibility index (Phi) is 7.95. The van der Waals surface area contributed by atoms with E-state index in [1.54, 1.807) is 0 Å². The number of benzene rings is 1. The Morgan fingerprint density at radius 2 is 2.04 bits per heavy atom. The zero-order valence-electron chi connectivity index (χ0n) is 16.3. The topological polar surface area (TPSA) is 58.6 Å². The van der Waals surface area contributed by atoms with Crippen LogP contribution in [0.1, 0.15) is 64.9 Å². The number of nitrogens with one attached hydrogen (secondary N) is 1. The summed E-state index contributed by atoms with van der Waals surface area (Å²) in [4.78, 5) is 25.8. The Labute approximate surface area is 157 Å². The molecule has 2 rings (SSSR count). The smallest absolute Gasteiger partial charge is 0.224 e. The van der Waals surface area contributed by atoms with E-state index >= 15 is 0 Å². The number of unbranched alkanes of at least 4 members (excludes halogenated alkanes) is 2. The van der Waals surface area contributed by atoms with Crippen LogP contribution in [0.2, 0.25) is 0 Å². The van der Waals surface area contributed by atoms with E-state index < -0.39 is 0 Å². The van der Waals surface area contributed by atoms with E-state index in [1.165, 1.54) is 12.8 Å². The van der Waals surface area contributed by atoms with Crippen LogP contribution in [0.15, 0.2) is 18.2 Å². The summed E-state index contributed by atoms with van der Waals surface area (Å²) in [6, 6.07) is 6.00. The number of nitrogens with zero attached hydrogens (tertiary/aromatic N) is 1. The van der Waals surface area contributed by atoms with Gasteiger partial charge >= 0.3 is 0 Å². The molecule has 0 radical (unpaired) electrons. The molecule has 0 atom stereocenters. The monoisotopic (exact) mass is 360 g/mol. The van der Waals surface area contributed by atoms with Crippen molar-refractivity contribution in [3.63, 3.8) is 0 Å². The predicted octanol–water partition coefficient (Wildman–Crippen LogP) is 4.16. The van der Waals surface area contributed by atoms with Crippen molar-refractivity contribution in [3.05, 3.63) is 23.8 Å². The van der Waals surface area contributed by atoms with Crippen LogP contribution in [0.4, 0.5) is 5.69 Å². The van der Waals surface area contributed by atoms with Crippen LogP contribution in [0, 0.1) is 0 Å². The highest BCUT2D eigenvalue weighted by molar-refractivity contribution is 5.94. The predicted molar refractivity (Wildman–Crippen MR) is 104 cm³/mol. The molecule has 0 saturated carbocycles. The molecule has 1 heterocycles. The summed E-state index contributed by atoms with van der Waals surface area (Å²) in [5.74, 6) is 1.09. The molecule has 5 heteroatoms. The molecule has 2 amide bonds. The molecule has 0 aromatic heterocycles. The lowest BCUT2D eigenvalue weighted by Gasteiger charge is -2.27. The summed E-state index contributed by atoms with van der Waals surface area (Å²) >= 11 is 0. The standard InChI is InChI=1S/C21H32N2O3/c1-4-5-6-13-23(16(2)3)21(25)8-7-14-26-18-10-11-19-17(15-18)9-12-20(24)22-19/h10-11,15-16H,4-9,12-14H2,1-3H3,(H,22,24). The number of carbonyl (C=O) groups excluding carboxylic acids is 2. The maximum absolute atomic E-state index is 12.4. The van der Waals surface area contributed by atoms with E-state index in [4.69, 9.17) is 4.74 Å². The van der Waals surface area contributed by atoms with Crippen molar-refractivity contribution in [2.45, 2.75) is 71.8 Å². The summed E-state index contributed by atoms with van der Waals surface area (Å²) in [5, 5.41) is 2.87. The fraction of sp³-hybridized carbons (Fsp3) is 0.619. The van der Waals surface area contributed by atoms with Gasteiger partial charge in [0.1, 0.15) is 5.75 Å². The Hall–Kier alpha value is -2.04. The summed E-state index contributed by atoms with van der Waals surface area (Å²) in [5.41, 5.74) is 1.99. The van der Waals surface area contributed by atoms with Crippen LogP contribution in [-0.2, 0) is 16.0 Å². The molecular weight excluding hydrogens is 328 g/mol. The molecule has 1 aliphatic rings. The lowest BCUT2D eigenvalue weighted by Crippen LogP contribution is -2.37. The lowest BCUT2D eigenvalue weighted by molar-refractivity contribution is -0.133. The van der Waals surface area contributed by atoms with Gasteiger partial charge in [-0.15, -0.1) is 0 Å². The molecule has 0 aliphatic carbocycles. The fourth-order valence-corrected chi connectivity index (χ4v) is 3.21. The van der Waals surface area contributed by atoms with Gasteiger partial charge in [-0.2, -0.15) is 0 Å². The minimum Gasteiger partial charge on any atom is -0.494 e. The molecule has 1 aliphatic heterocycles. The first-order valence-electron chi connectivity index (χ1n) is 9.86. The number of hydrogen-bond acceptors (Lipinski definition) is 3. The normalized spacial score (nSPS) is 13.3. The average Bonchev–Trinajstić information content (AvgIpc) is 2.62. The van der Waals surface area contributed by atoms with Gasteiger partial charge in [-0.1, -0.05) is 19.8 Å². The van der Waals surface area contributed by atoms with Crippen molar-refractivity contribution in [1.82, 2.24) is 4.90 Å². The second kappa shape index (κ2) is 10.2. The molecule has 5 nitrogen and oxygen atoms in total. The van der Waals surface area contributed by atoms with Crippen LogP contribution >= 0.6 is 0 Å². The zero-order chi connectivity index (χ0) is 18.9. The molecule has 26 heavy (non-hydrogen) atoms. The van der Waals surface area contributed by atoms with Crippen molar-refractivity contribution in [2.24, 2.45) is 0 Å². The number of amides is 2. The zero-order valence-corrected chi connectivity index (χ0v) is 16.3. The molecular formula is C21H32N2O3. The first kappa shape index (κ1) is 20.3. The Morgan fingerprint density at radius 1 is 1.23 bits per heavy atom. The summed E-state index contributed by atoms with van der Waals surface area (Å²) in [6.45, 7) is 7.70. The maximum atomic E-state index is 12.4. The lowest BCUT2D eigenvalue weighted by atomic mass is 10.0. The largest absolute Gasteiger partial charge is 0.494 e. The Bertz CT molecular complexity index is 613. The van der Waals surface area contributed by atoms with Crippen molar-refractivity contribution >= 4 is 17.5 Å². The first-order chi connectivity index (χ1) is 12.5. The molecule has 0 fully saturated rings. The Balaban J connectivity index is 1.75. The summed E-state index contributed by atoms with van der Waals surface area (Å²) in [6.07, 6.45) is 5.90. The molecule has 0 bridgehead atoms. The van der Waals surface area contributed by atoms with Crippen molar-refractivity contribution in [1.29, 1.82) is 0 Å². The van der Waals surface area contributed by atoms with Gasteiger partial charge in [-0.05, 0) is 56.9 Å². The molecule has 1 N–H and O–H groups in total. The quantitative estimate of drug-likeness (QED) is 0.638. The molecule has 0 unspecified atom stereocenters. The first-order valence-corrected chi connectivity index (χ1v) is 9.86. The summed E-state index contributed by atoms with van der Waals surface area (Å²) in [7, 11) is 0. The van der Waals surface area contributed by atoms with Crippen LogP contribution in [0.3, 0.4) is 0 Å². The average molecular weight is 360 g/mol. The molecule has 1 aromatic carbocycles.